The van der Waals surface area contributed by atoms with E-state index in [1.165, 1.54) is 27.8 Å². The molecule has 1 amide bonds. The molecule has 1 aliphatic carbocycles. The molecule has 0 unspecified atom stereocenters. The number of halogens is 3. The predicted octanol–water partition coefficient (Wildman–Crippen LogP) is 2.96. The Kier molecular flexibility index (Phi) is 4.55. The van der Waals surface area contributed by atoms with Crippen LogP contribution in [-0.2, 0) is 13.2 Å². The van der Waals surface area contributed by atoms with Gasteiger partial charge in [0.25, 0.3) is 5.91 Å². The number of hydrogen-bond acceptors (Lipinski definition) is 3. The van der Waals surface area contributed by atoms with Crippen LogP contribution in [0.4, 0.5) is 13.2 Å². The maximum absolute atomic E-state index is 13.2. The molecule has 1 saturated heterocycles. The molecule has 1 saturated carbocycles. The van der Waals surface area contributed by atoms with E-state index in [0.29, 0.717) is 25.9 Å². The number of piperidine rings is 1. The van der Waals surface area contributed by atoms with E-state index < -0.39 is 17.6 Å². The van der Waals surface area contributed by atoms with E-state index in [1.54, 1.807) is 11.6 Å². The van der Waals surface area contributed by atoms with Gasteiger partial charge in [0.1, 0.15) is 5.82 Å². The Morgan fingerprint density at radius 1 is 1.11 bits per heavy atom. The molecular formula is C19H21F3N4O2. The third-order valence-electron chi connectivity index (χ3n) is 5.50. The lowest BCUT2D eigenvalue weighted by molar-refractivity contribution is -0.138. The van der Waals surface area contributed by atoms with Gasteiger partial charge in [0.2, 0.25) is 0 Å². The van der Waals surface area contributed by atoms with Crippen LogP contribution < -0.4 is 5.69 Å². The van der Waals surface area contributed by atoms with Crippen molar-refractivity contribution < 1.29 is 18.0 Å². The van der Waals surface area contributed by atoms with Crippen molar-refractivity contribution in [3.05, 3.63) is 51.7 Å². The molecule has 2 fully saturated rings. The van der Waals surface area contributed by atoms with Crippen molar-refractivity contribution in [1.82, 2.24) is 19.2 Å². The van der Waals surface area contributed by atoms with Crippen LogP contribution in [0.3, 0.4) is 0 Å². The number of likely N-dealkylation sites (tertiary alicyclic amines) is 1. The van der Waals surface area contributed by atoms with Crippen molar-refractivity contribution in [2.24, 2.45) is 7.05 Å². The van der Waals surface area contributed by atoms with Gasteiger partial charge in [-0.15, -0.1) is 0 Å². The first-order chi connectivity index (χ1) is 13.3. The average molecular weight is 394 g/mol. The number of nitrogens with zero attached hydrogens (tertiary/aromatic N) is 4. The van der Waals surface area contributed by atoms with Gasteiger partial charge in [-0.3, -0.25) is 9.36 Å². The number of hydrogen-bond donors (Lipinski definition) is 0. The first-order valence-electron chi connectivity index (χ1n) is 9.38. The lowest BCUT2D eigenvalue weighted by Gasteiger charge is -2.32. The molecule has 9 heteroatoms. The highest BCUT2D eigenvalue weighted by Gasteiger charge is 2.38. The molecule has 150 valence electrons. The van der Waals surface area contributed by atoms with E-state index in [9.17, 15) is 22.8 Å². The Hall–Kier alpha value is -2.58. The van der Waals surface area contributed by atoms with Crippen molar-refractivity contribution >= 4 is 5.91 Å². The fourth-order valence-corrected chi connectivity index (χ4v) is 3.88. The summed E-state index contributed by atoms with van der Waals surface area (Å²) in [6.45, 7) is 0.677. The minimum atomic E-state index is -4.57. The largest absolute Gasteiger partial charge is 0.417 e. The van der Waals surface area contributed by atoms with E-state index in [-0.39, 0.29) is 23.2 Å². The Balaban J connectivity index is 1.51. The van der Waals surface area contributed by atoms with E-state index in [4.69, 9.17) is 0 Å². The Bertz CT molecular complexity index is 951. The van der Waals surface area contributed by atoms with Gasteiger partial charge in [0.05, 0.1) is 11.1 Å². The number of carbonyl (C=O) groups is 1. The molecule has 2 aliphatic rings. The summed E-state index contributed by atoms with van der Waals surface area (Å²) in [5.74, 6) is 0.154. The number of benzene rings is 1. The smallest absolute Gasteiger partial charge is 0.339 e. The zero-order chi connectivity index (χ0) is 20.1. The molecule has 28 heavy (non-hydrogen) atoms. The van der Waals surface area contributed by atoms with Crippen molar-refractivity contribution in [3.63, 3.8) is 0 Å². The SMILES string of the molecule is Cn1nc(C2CCN(C(=O)c3ccccc3C(F)(F)F)CC2)n(C2CC2)c1=O. The summed E-state index contributed by atoms with van der Waals surface area (Å²) in [6.07, 6.45) is -1.50. The van der Waals surface area contributed by atoms with Crippen LogP contribution in [-0.4, -0.2) is 38.2 Å². The van der Waals surface area contributed by atoms with Crippen molar-refractivity contribution in [2.75, 3.05) is 13.1 Å². The summed E-state index contributed by atoms with van der Waals surface area (Å²) >= 11 is 0. The van der Waals surface area contributed by atoms with Crippen LogP contribution in [0.1, 0.15) is 59.4 Å². The number of rotatable bonds is 3. The predicted molar refractivity (Wildman–Crippen MR) is 95.1 cm³/mol. The topological polar surface area (TPSA) is 60.1 Å². The number of amides is 1. The fourth-order valence-electron chi connectivity index (χ4n) is 3.88. The summed E-state index contributed by atoms with van der Waals surface area (Å²) in [5.41, 5.74) is -1.36. The zero-order valence-electron chi connectivity index (χ0n) is 15.4. The van der Waals surface area contributed by atoms with Gasteiger partial charge in [0, 0.05) is 32.1 Å². The molecule has 0 N–H and O–H groups in total. The van der Waals surface area contributed by atoms with Gasteiger partial charge < -0.3 is 4.90 Å². The molecule has 6 nitrogen and oxygen atoms in total. The summed E-state index contributed by atoms with van der Waals surface area (Å²) < 4.78 is 42.7. The minimum Gasteiger partial charge on any atom is -0.339 e. The molecule has 0 atom stereocenters. The normalized spacial score (nSPS) is 18.5. The first kappa shape index (κ1) is 18.8. The van der Waals surface area contributed by atoms with Crippen LogP contribution in [0.25, 0.3) is 0 Å². The lowest BCUT2D eigenvalue weighted by Crippen LogP contribution is -2.39. The molecule has 1 aromatic carbocycles. The first-order valence-corrected chi connectivity index (χ1v) is 9.38. The molecule has 0 bridgehead atoms. The minimum absolute atomic E-state index is 0.0245. The molecule has 0 radical (unpaired) electrons. The molecule has 2 aromatic rings. The van der Waals surface area contributed by atoms with Gasteiger partial charge in [-0.2, -0.15) is 18.3 Å². The Morgan fingerprint density at radius 2 is 1.75 bits per heavy atom. The average Bonchev–Trinajstić information content (AvgIpc) is 3.46. The quantitative estimate of drug-likeness (QED) is 0.804. The number of aromatic nitrogens is 3. The fraction of sp³-hybridized carbons (Fsp3) is 0.526. The molecule has 1 aliphatic heterocycles. The second kappa shape index (κ2) is 6.79. The maximum atomic E-state index is 13.2. The van der Waals surface area contributed by atoms with Crippen LogP contribution in [0, 0.1) is 0 Å². The lowest BCUT2D eigenvalue weighted by atomic mass is 9.95. The van der Waals surface area contributed by atoms with Gasteiger partial charge in [-0.25, -0.2) is 9.48 Å². The van der Waals surface area contributed by atoms with Crippen LogP contribution in [0.2, 0.25) is 0 Å². The van der Waals surface area contributed by atoms with Crippen LogP contribution in [0.5, 0.6) is 0 Å². The van der Waals surface area contributed by atoms with Gasteiger partial charge in [0.15, 0.2) is 0 Å². The third kappa shape index (κ3) is 3.33. The van der Waals surface area contributed by atoms with Gasteiger partial charge in [-0.05, 0) is 37.8 Å². The number of carbonyl (C=O) groups excluding carboxylic acids is 1. The van der Waals surface area contributed by atoms with Gasteiger partial charge in [-0.1, -0.05) is 12.1 Å². The second-order valence-electron chi connectivity index (χ2n) is 7.48. The summed E-state index contributed by atoms with van der Waals surface area (Å²) in [4.78, 5) is 26.5. The van der Waals surface area contributed by atoms with E-state index in [1.807, 2.05) is 0 Å². The van der Waals surface area contributed by atoms with Crippen molar-refractivity contribution in [3.8, 4) is 0 Å². The van der Waals surface area contributed by atoms with Gasteiger partial charge >= 0.3 is 11.9 Å². The number of alkyl halides is 3. The molecule has 4 rings (SSSR count). The van der Waals surface area contributed by atoms with E-state index in [0.717, 1.165) is 24.7 Å². The Morgan fingerprint density at radius 3 is 2.36 bits per heavy atom. The molecule has 0 spiro atoms. The van der Waals surface area contributed by atoms with Crippen LogP contribution >= 0.6 is 0 Å². The second-order valence-corrected chi connectivity index (χ2v) is 7.48. The third-order valence-corrected chi connectivity index (χ3v) is 5.50. The van der Waals surface area contributed by atoms with Crippen molar-refractivity contribution in [1.29, 1.82) is 0 Å². The standard InChI is InChI=1S/C19H21F3N4O2/c1-24-18(28)26(13-6-7-13)16(23-24)12-8-10-25(11-9-12)17(27)14-4-2-3-5-15(14)19(20,21)22/h2-5,12-13H,6-11H2,1H3. The zero-order valence-corrected chi connectivity index (χ0v) is 15.4. The number of aryl methyl sites for hydroxylation is 1. The van der Waals surface area contributed by atoms with Crippen LogP contribution in [0.15, 0.2) is 29.1 Å². The summed E-state index contributed by atoms with van der Waals surface area (Å²) in [6, 6.07) is 5.08. The molecule has 1 aromatic heterocycles. The molecular weight excluding hydrogens is 373 g/mol. The Labute approximate surface area is 159 Å². The van der Waals surface area contributed by atoms with E-state index in [2.05, 4.69) is 5.10 Å². The summed E-state index contributed by atoms with van der Waals surface area (Å²) in [5, 5.41) is 4.38. The highest BCUT2D eigenvalue weighted by atomic mass is 19.4. The van der Waals surface area contributed by atoms with E-state index >= 15 is 0 Å². The monoisotopic (exact) mass is 394 g/mol. The highest BCUT2D eigenvalue weighted by Crippen LogP contribution is 2.38. The summed E-state index contributed by atoms with van der Waals surface area (Å²) in [7, 11) is 1.62. The molecule has 2 heterocycles. The highest BCUT2D eigenvalue weighted by molar-refractivity contribution is 5.96. The maximum Gasteiger partial charge on any atom is 0.417 e. The van der Waals surface area contributed by atoms with Crippen molar-refractivity contribution in [2.45, 2.75) is 43.8 Å².